The SMILES string of the molecule is CCOc1cc2nc3[nH]c4ccccc4c3nc2cc1OCC. The van der Waals surface area contributed by atoms with Crippen molar-refractivity contribution in [1.82, 2.24) is 15.0 Å². The van der Waals surface area contributed by atoms with E-state index >= 15 is 0 Å². The van der Waals surface area contributed by atoms with Gasteiger partial charge < -0.3 is 14.5 Å². The van der Waals surface area contributed by atoms with E-state index in [4.69, 9.17) is 19.4 Å². The first-order valence-electron chi connectivity index (χ1n) is 7.78. The molecule has 0 saturated heterocycles. The Balaban J connectivity index is 2.01. The van der Waals surface area contributed by atoms with Gasteiger partial charge in [-0.1, -0.05) is 18.2 Å². The first-order chi connectivity index (χ1) is 11.3. The number of H-pyrrole nitrogens is 1. The molecule has 5 heteroatoms. The van der Waals surface area contributed by atoms with E-state index in [1.54, 1.807) is 0 Å². The fourth-order valence-electron chi connectivity index (χ4n) is 2.80. The lowest BCUT2D eigenvalue weighted by atomic mass is 10.2. The largest absolute Gasteiger partial charge is 0.490 e. The second-order valence-electron chi connectivity index (χ2n) is 5.25. The third-order valence-corrected chi connectivity index (χ3v) is 3.76. The average Bonchev–Trinajstić information content (AvgIpc) is 2.91. The van der Waals surface area contributed by atoms with Crippen LogP contribution < -0.4 is 9.47 Å². The summed E-state index contributed by atoms with van der Waals surface area (Å²) in [6.45, 7) is 5.06. The molecule has 2 aromatic carbocycles. The summed E-state index contributed by atoms with van der Waals surface area (Å²) in [7, 11) is 0. The van der Waals surface area contributed by atoms with Gasteiger partial charge in [-0.2, -0.15) is 0 Å². The molecule has 0 amide bonds. The minimum atomic E-state index is 0.577. The molecular formula is C18H17N3O2. The van der Waals surface area contributed by atoms with E-state index in [9.17, 15) is 0 Å². The molecule has 2 heterocycles. The minimum Gasteiger partial charge on any atom is -0.490 e. The van der Waals surface area contributed by atoms with Crippen molar-refractivity contribution < 1.29 is 9.47 Å². The molecular weight excluding hydrogens is 290 g/mol. The van der Waals surface area contributed by atoms with Crippen molar-refractivity contribution in [2.24, 2.45) is 0 Å². The Hall–Kier alpha value is -2.82. The second-order valence-corrected chi connectivity index (χ2v) is 5.25. The molecule has 4 aromatic rings. The molecule has 4 rings (SSSR count). The minimum absolute atomic E-state index is 0.577. The summed E-state index contributed by atoms with van der Waals surface area (Å²) in [5.74, 6) is 1.40. The van der Waals surface area contributed by atoms with Crippen LogP contribution in [0.5, 0.6) is 11.5 Å². The predicted molar refractivity (Wildman–Crippen MR) is 91.2 cm³/mol. The second kappa shape index (κ2) is 5.43. The highest BCUT2D eigenvalue weighted by atomic mass is 16.5. The summed E-state index contributed by atoms with van der Waals surface area (Å²) in [6.07, 6.45) is 0. The van der Waals surface area contributed by atoms with Gasteiger partial charge in [0.1, 0.15) is 5.52 Å². The molecule has 0 aliphatic carbocycles. The molecule has 0 unspecified atom stereocenters. The number of rotatable bonds is 4. The van der Waals surface area contributed by atoms with Crippen LogP contribution in [0.1, 0.15) is 13.8 Å². The predicted octanol–water partition coefficient (Wildman–Crippen LogP) is 4.06. The van der Waals surface area contributed by atoms with Crippen LogP contribution in [-0.2, 0) is 0 Å². The van der Waals surface area contributed by atoms with Gasteiger partial charge in [-0.15, -0.1) is 0 Å². The topological polar surface area (TPSA) is 60.0 Å². The number of fused-ring (bicyclic) bond motifs is 4. The maximum atomic E-state index is 5.68. The van der Waals surface area contributed by atoms with Gasteiger partial charge in [-0.05, 0) is 19.9 Å². The molecule has 2 aromatic heterocycles. The van der Waals surface area contributed by atoms with Crippen LogP contribution in [0.2, 0.25) is 0 Å². The molecule has 0 atom stereocenters. The van der Waals surface area contributed by atoms with Crippen LogP contribution >= 0.6 is 0 Å². The molecule has 0 saturated carbocycles. The van der Waals surface area contributed by atoms with E-state index in [-0.39, 0.29) is 0 Å². The number of hydrogen-bond donors (Lipinski definition) is 1. The van der Waals surface area contributed by atoms with E-state index in [0.29, 0.717) is 24.7 Å². The van der Waals surface area contributed by atoms with Crippen LogP contribution in [0.15, 0.2) is 36.4 Å². The lowest BCUT2D eigenvalue weighted by molar-refractivity contribution is 0.288. The molecule has 0 radical (unpaired) electrons. The Kier molecular flexibility index (Phi) is 3.26. The molecule has 1 N–H and O–H groups in total. The van der Waals surface area contributed by atoms with Crippen molar-refractivity contribution in [3.63, 3.8) is 0 Å². The fraction of sp³-hybridized carbons (Fsp3) is 0.222. The maximum Gasteiger partial charge on any atom is 0.163 e. The first kappa shape index (κ1) is 13.8. The Labute approximate surface area is 133 Å². The van der Waals surface area contributed by atoms with E-state index in [0.717, 1.165) is 33.1 Å². The normalized spacial score (nSPS) is 11.4. The Morgan fingerprint density at radius 3 is 2.26 bits per heavy atom. The molecule has 23 heavy (non-hydrogen) atoms. The monoisotopic (exact) mass is 307 g/mol. The summed E-state index contributed by atoms with van der Waals surface area (Å²) in [4.78, 5) is 12.8. The van der Waals surface area contributed by atoms with Crippen LogP contribution in [0.25, 0.3) is 33.1 Å². The zero-order valence-electron chi connectivity index (χ0n) is 13.1. The molecule has 0 bridgehead atoms. The Morgan fingerprint density at radius 1 is 0.913 bits per heavy atom. The smallest absolute Gasteiger partial charge is 0.163 e. The van der Waals surface area contributed by atoms with Gasteiger partial charge in [0.15, 0.2) is 17.1 Å². The summed E-state index contributed by atoms with van der Waals surface area (Å²) in [6, 6.07) is 11.9. The highest BCUT2D eigenvalue weighted by Crippen LogP contribution is 2.33. The van der Waals surface area contributed by atoms with Gasteiger partial charge in [0, 0.05) is 23.0 Å². The zero-order valence-corrected chi connectivity index (χ0v) is 13.1. The molecule has 116 valence electrons. The van der Waals surface area contributed by atoms with Gasteiger partial charge in [-0.25, -0.2) is 9.97 Å². The Morgan fingerprint density at radius 2 is 1.57 bits per heavy atom. The number of ether oxygens (including phenoxy) is 2. The fourth-order valence-corrected chi connectivity index (χ4v) is 2.80. The highest BCUT2D eigenvalue weighted by Gasteiger charge is 2.12. The average molecular weight is 307 g/mol. The molecule has 0 aliphatic heterocycles. The van der Waals surface area contributed by atoms with E-state index in [1.807, 2.05) is 50.2 Å². The van der Waals surface area contributed by atoms with Gasteiger partial charge in [-0.3, -0.25) is 0 Å². The lowest BCUT2D eigenvalue weighted by Crippen LogP contribution is -1.99. The number of aromatic amines is 1. The van der Waals surface area contributed by atoms with Crippen molar-refractivity contribution in [2.45, 2.75) is 13.8 Å². The van der Waals surface area contributed by atoms with Crippen molar-refractivity contribution >= 4 is 33.1 Å². The van der Waals surface area contributed by atoms with Gasteiger partial charge in [0.25, 0.3) is 0 Å². The van der Waals surface area contributed by atoms with Crippen molar-refractivity contribution in [3.8, 4) is 11.5 Å². The quantitative estimate of drug-likeness (QED) is 0.617. The van der Waals surface area contributed by atoms with Crippen molar-refractivity contribution in [2.75, 3.05) is 13.2 Å². The number of para-hydroxylation sites is 1. The lowest BCUT2D eigenvalue weighted by Gasteiger charge is -2.11. The first-order valence-corrected chi connectivity index (χ1v) is 7.78. The standard InChI is InChI=1S/C18H17N3O2/c1-3-22-15-9-13-14(10-16(15)23-4-2)21-18-17(19-13)11-7-5-6-8-12(11)20-18/h5-10H,3-4H2,1-2H3,(H,20,21). The maximum absolute atomic E-state index is 5.68. The molecule has 0 fully saturated rings. The molecule has 0 aliphatic rings. The zero-order chi connectivity index (χ0) is 15.8. The third kappa shape index (κ3) is 2.25. The summed E-state index contributed by atoms with van der Waals surface area (Å²) < 4.78 is 11.3. The highest BCUT2D eigenvalue weighted by molar-refractivity contribution is 6.05. The number of nitrogens with one attached hydrogen (secondary N) is 1. The van der Waals surface area contributed by atoms with E-state index < -0.39 is 0 Å². The van der Waals surface area contributed by atoms with Crippen LogP contribution in [0, 0.1) is 0 Å². The number of aromatic nitrogens is 3. The van der Waals surface area contributed by atoms with Crippen LogP contribution in [0.4, 0.5) is 0 Å². The Bertz CT molecular complexity index is 1010. The summed E-state index contributed by atoms with van der Waals surface area (Å²) in [5.41, 5.74) is 4.28. The molecule has 5 nitrogen and oxygen atoms in total. The molecule has 0 spiro atoms. The van der Waals surface area contributed by atoms with Gasteiger partial charge >= 0.3 is 0 Å². The number of benzene rings is 2. The van der Waals surface area contributed by atoms with Crippen LogP contribution in [0.3, 0.4) is 0 Å². The van der Waals surface area contributed by atoms with E-state index in [2.05, 4.69) is 4.98 Å². The van der Waals surface area contributed by atoms with Gasteiger partial charge in [0.05, 0.1) is 24.2 Å². The third-order valence-electron chi connectivity index (χ3n) is 3.76. The van der Waals surface area contributed by atoms with Crippen LogP contribution in [-0.4, -0.2) is 28.2 Å². The summed E-state index contributed by atoms with van der Waals surface area (Å²) in [5, 5.41) is 1.07. The number of hydrogen-bond acceptors (Lipinski definition) is 4. The van der Waals surface area contributed by atoms with E-state index in [1.165, 1.54) is 0 Å². The van der Waals surface area contributed by atoms with Gasteiger partial charge in [0.2, 0.25) is 0 Å². The van der Waals surface area contributed by atoms with Crippen molar-refractivity contribution in [1.29, 1.82) is 0 Å². The number of nitrogens with zero attached hydrogens (tertiary/aromatic N) is 2. The summed E-state index contributed by atoms with van der Waals surface area (Å²) >= 11 is 0. The van der Waals surface area contributed by atoms with Crippen molar-refractivity contribution in [3.05, 3.63) is 36.4 Å².